The molecule has 27 heavy (non-hydrogen) atoms. The summed E-state index contributed by atoms with van der Waals surface area (Å²) in [5, 5.41) is 6.41. The maximum atomic E-state index is 12.5. The average molecular weight is 387 g/mol. The third-order valence-corrected chi connectivity index (χ3v) is 4.77. The molecule has 0 bridgehead atoms. The van der Waals surface area contributed by atoms with Gasteiger partial charge in [0, 0.05) is 24.6 Å². The van der Waals surface area contributed by atoms with Crippen LogP contribution in [-0.4, -0.2) is 31.1 Å². The normalized spacial score (nSPS) is 16.1. The number of para-hydroxylation sites is 1. The SMILES string of the molecule is O=C(CCc1ccc(Cl)cc1)Nc1ccccc1C(=O)NC[C@H]1CCCO1. The largest absolute Gasteiger partial charge is 0.376 e. The van der Waals surface area contributed by atoms with Gasteiger partial charge in [-0.1, -0.05) is 35.9 Å². The lowest BCUT2D eigenvalue weighted by Gasteiger charge is -2.14. The van der Waals surface area contributed by atoms with Gasteiger partial charge in [0.05, 0.1) is 17.4 Å². The fourth-order valence-corrected chi connectivity index (χ4v) is 3.14. The Hall–Kier alpha value is -2.37. The van der Waals surface area contributed by atoms with Gasteiger partial charge in [0.15, 0.2) is 0 Å². The van der Waals surface area contributed by atoms with E-state index >= 15 is 0 Å². The van der Waals surface area contributed by atoms with Crippen molar-refractivity contribution < 1.29 is 14.3 Å². The highest BCUT2D eigenvalue weighted by atomic mass is 35.5. The van der Waals surface area contributed by atoms with E-state index in [4.69, 9.17) is 16.3 Å². The summed E-state index contributed by atoms with van der Waals surface area (Å²) in [5.74, 6) is -0.344. The van der Waals surface area contributed by atoms with Crippen LogP contribution in [0.5, 0.6) is 0 Å². The van der Waals surface area contributed by atoms with Gasteiger partial charge in [0.25, 0.3) is 5.91 Å². The molecule has 0 aliphatic carbocycles. The minimum absolute atomic E-state index is 0.0788. The molecule has 2 aromatic rings. The highest BCUT2D eigenvalue weighted by molar-refractivity contribution is 6.30. The number of aryl methyl sites for hydroxylation is 1. The maximum Gasteiger partial charge on any atom is 0.253 e. The van der Waals surface area contributed by atoms with E-state index in [1.54, 1.807) is 24.3 Å². The Bertz CT molecular complexity index is 786. The zero-order valence-corrected chi connectivity index (χ0v) is 15.8. The summed E-state index contributed by atoms with van der Waals surface area (Å²) in [7, 11) is 0. The van der Waals surface area contributed by atoms with E-state index in [0.29, 0.717) is 35.7 Å². The summed E-state index contributed by atoms with van der Waals surface area (Å²) >= 11 is 5.87. The first-order chi connectivity index (χ1) is 13.1. The van der Waals surface area contributed by atoms with Gasteiger partial charge in [0.2, 0.25) is 5.91 Å². The predicted molar refractivity (Wildman–Crippen MR) is 106 cm³/mol. The molecular weight excluding hydrogens is 364 g/mol. The molecule has 6 heteroatoms. The summed E-state index contributed by atoms with van der Waals surface area (Å²) in [5.41, 5.74) is 2.01. The minimum Gasteiger partial charge on any atom is -0.376 e. The number of carbonyl (C=O) groups is 2. The van der Waals surface area contributed by atoms with Crippen LogP contribution in [-0.2, 0) is 16.0 Å². The number of anilines is 1. The first-order valence-corrected chi connectivity index (χ1v) is 9.53. The summed E-state index contributed by atoms with van der Waals surface area (Å²) < 4.78 is 5.52. The molecule has 1 saturated heterocycles. The molecule has 142 valence electrons. The molecule has 0 unspecified atom stereocenters. The molecule has 0 aromatic heterocycles. The van der Waals surface area contributed by atoms with Crippen LogP contribution in [0.25, 0.3) is 0 Å². The van der Waals surface area contributed by atoms with Crippen LogP contribution in [0.15, 0.2) is 48.5 Å². The molecule has 2 N–H and O–H groups in total. The third kappa shape index (κ3) is 5.81. The highest BCUT2D eigenvalue weighted by Gasteiger charge is 2.18. The highest BCUT2D eigenvalue weighted by Crippen LogP contribution is 2.17. The van der Waals surface area contributed by atoms with E-state index < -0.39 is 0 Å². The van der Waals surface area contributed by atoms with Crippen molar-refractivity contribution in [2.75, 3.05) is 18.5 Å². The van der Waals surface area contributed by atoms with Gasteiger partial charge >= 0.3 is 0 Å². The van der Waals surface area contributed by atoms with E-state index in [9.17, 15) is 9.59 Å². The van der Waals surface area contributed by atoms with Gasteiger partial charge in [-0.15, -0.1) is 0 Å². The van der Waals surface area contributed by atoms with Crippen molar-refractivity contribution in [1.82, 2.24) is 5.32 Å². The van der Waals surface area contributed by atoms with Crippen molar-refractivity contribution in [3.63, 3.8) is 0 Å². The Morgan fingerprint density at radius 2 is 1.89 bits per heavy atom. The first-order valence-electron chi connectivity index (χ1n) is 9.15. The van der Waals surface area contributed by atoms with Gasteiger partial charge in [-0.25, -0.2) is 0 Å². The zero-order chi connectivity index (χ0) is 19.1. The number of amides is 2. The van der Waals surface area contributed by atoms with E-state index in [0.717, 1.165) is 25.0 Å². The fraction of sp³-hybridized carbons (Fsp3) is 0.333. The second-order valence-corrected chi connectivity index (χ2v) is 7.00. The molecule has 0 saturated carbocycles. The molecule has 2 aromatic carbocycles. The van der Waals surface area contributed by atoms with Crippen LogP contribution in [0.4, 0.5) is 5.69 Å². The molecule has 0 spiro atoms. The van der Waals surface area contributed by atoms with Crippen LogP contribution < -0.4 is 10.6 Å². The lowest BCUT2D eigenvalue weighted by atomic mass is 10.1. The smallest absolute Gasteiger partial charge is 0.253 e. The van der Waals surface area contributed by atoms with Crippen molar-refractivity contribution in [2.24, 2.45) is 0 Å². The fourth-order valence-electron chi connectivity index (χ4n) is 3.02. The quantitative estimate of drug-likeness (QED) is 0.760. The van der Waals surface area contributed by atoms with Crippen molar-refractivity contribution in [2.45, 2.75) is 31.8 Å². The average Bonchev–Trinajstić information content (AvgIpc) is 3.20. The van der Waals surface area contributed by atoms with Gasteiger partial charge < -0.3 is 15.4 Å². The number of hydrogen-bond donors (Lipinski definition) is 2. The lowest BCUT2D eigenvalue weighted by Crippen LogP contribution is -2.32. The standard InChI is InChI=1S/C21H23ClN2O3/c22-16-10-7-15(8-11-16)9-12-20(25)24-19-6-2-1-5-18(19)21(26)23-14-17-4-3-13-27-17/h1-2,5-8,10-11,17H,3-4,9,12-14H2,(H,23,26)(H,24,25)/t17-/m1/s1. The molecule has 5 nitrogen and oxygen atoms in total. The zero-order valence-electron chi connectivity index (χ0n) is 15.0. The number of halogens is 1. The Morgan fingerprint density at radius 1 is 1.11 bits per heavy atom. The van der Waals surface area contributed by atoms with Crippen LogP contribution >= 0.6 is 11.6 Å². The van der Waals surface area contributed by atoms with Crippen LogP contribution in [0.3, 0.4) is 0 Å². The molecule has 1 aliphatic rings. The number of carbonyl (C=O) groups excluding carboxylic acids is 2. The summed E-state index contributed by atoms with van der Waals surface area (Å²) in [6, 6.07) is 14.5. The number of ether oxygens (including phenoxy) is 1. The Kier molecular flexibility index (Phi) is 6.85. The number of benzene rings is 2. The Morgan fingerprint density at radius 3 is 2.63 bits per heavy atom. The molecule has 1 heterocycles. The summed E-state index contributed by atoms with van der Waals surface area (Å²) in [6.07, 6.45) is 3.00. The second-order valence-electron chi connectivity index (χ2n) is 6.57. The molecule has 1 fully saturated rings. The monoisotopic (exact) mass is 386 g/mol. The van der Waals surface area contributed by atoms with E-state index in [1.807, 2.05) is 24.3 Å². The minimum atomic E-state index is -0.209. The second kappa shape index (κ2) is 9.53. The van der Waals surface area contributed by atoms with Crippen molar-refractivity contribution in [3.8, 4) is 0 Å². The van der Waals surface area contributed by atoms with Crippen molar-refractivity contribution >= 4 is 29.1 Å². The Balaban J connectivity index is 1.55. The van der Waals surface area contributed by atoms with Crippen LogP contribution in [0.2, 0.25) is 5.02 Å². The molecular formula is C21H23ClN2O3. The van der Waals surface area contributed by atoms with Gasteiger partial charge in [-0.3, -0.25) is 9.59 Å². The van der Waals surface area contributed by atoms with E-state index in [1.165, 1.54) is 0 Å². The maximum absolute atomic E-state index is 12.5. The number of nitrogens with one attached hydrogen (secondary N) is 2. The predicted octanol–water partition coefficient (Wildman–Crippen LogP) is 3.82. The molecule has 1 aliphatic heterocycles. The lowest BCUT2D eigenvalue weighted by molar-refractivity contribution is -0.116. The van der Waals surface area contributed by atoms with Gasteiger partial charge in [0.1, 0.15) is 0 Å². The topological polar surface area (TPSA) is 67.4 Å². The van der Waals surface area contributed by atoms with Gasteiger partial charge in [-0.05, 0) is 49.1 Å². The summed E-state index contributed by atoms with van der Waals surface area (Å²) in [6.45, 7) is 1.23. The molecule has 1 atom stereocenters. The molecule has 3 rings (SSSR count). The first kappa shape index (κ1) is 19.4. The van der Waals surface area contributed by atoms with Crippen molar-refractivity contribution in [3.05, 3.63) is 64.7 Å². The summed E-state index contributed by atoms with van der Waals surface area (Å²) in [4.78, 5) is 24.8. The van der Waals surface area contributed by atoms with E-state index in [2.05, 4.69) is 10.6 Å². The van der Waals surface area contributed by atoms with Crippen LogP contribution in [0, 0.1) is 0 Å². The number of hydrogen-bond acceptors (Lipinski definition) is 3. The molecule has 0 radical (unpaired) electrons. The van der Waals surface area contributed by atoms with Gasteiger partial charge in [-0.2, -0.15) is 0 Å². The third-order valence-electron chi connectivity index (χ3n) is 4.51. The van der Waals surface area contributed by atoms with E-state index in [-0.39, 0.29) is 17.9 Å². The van der Waals surface area contributed by atoms with Crippen LogP contribution in [0.1, 0.15) is 35.2 Å². The number of rotatable bonds is 7. The Labute approximate surface area is 164 Å². The van der Waals surface area contributed by atoms with Crippen molar-refractivity contribution in [1.29, 1.82) is 0 Å². The molecule has 2 amide bonds.